The first-order valence-electron chi connectivity index (χ1n) is 3.56. The lowest BCUT2D eigenvalue weighted by Crippen LogP contribution is -2.46. The number of hydrogen-bond acceptors (Lipinski definition) is 4. The van der Waals surface area contributed by atoms with Crippen LogP contribution in [0.4, 0.5) is 0 Å². The summed E-state index contributed by atoms with van der Waals surface area (Å²) in [6.45, 7) is 5.16. The molecule has 5 N–H and O–H groups in total. The van der Waals surface area contributed by atoms with Crippen molar-refractivity contribution in [3.63, 3.8) is 0 Å². The van der Waals surface area contributed by atoms with E-state index in [-0.39, 0.29) is 5.84 Å². The smallest absolute Gasteiger partial charge is 0.331 e. The van der Waals surface area contributed by atoms with E-state index in [1.807, 2.05) is 0 Å². The molecule has 0 aliphatic heterocycles. The average molecular weight is 173 g/mol. The molecule has 0 aromatic carbocycles. The van der Waals surface area contributed by atoms with Gasteiger partial charge in [0.2, 0.25) is 0 Å². The largest absolute Gasteiger partial charge is 0.458 e. The van der Waals surface area contributed by atoms with Crippen LogP contribution in [0.25, 0.3) is 0 Å². The van der Waals surface area contributed by atoms with Gasteiger partial charge in [0.25, 0.3) is 0 Å². The lowest BCUT2D eigenvalue weighted by Gasteiger charge is -2.21. The highest BCUT2D eigenvalue weighted by molar-refractivity contribution is 6.02. The summed E-state index contributed by atoms with van der Waals surface area (Å²) < 4.78 is 4.88. The summed E-state index contributed by atoms with van der Waals surface area (Å²) in [6.07, 6.45) is 0. The fourth-order valence-electron chi connectivity index (χ4n) is 0.492. The Morgan fingerprint density at radius 2 is 1.92 bits per heavy atom. The Labute approximate surface area is 71.6 Å². The molecule has 0 fully saturated rings. The van der Waals surface area contributed by atoms with Crippen LogP contribution in [0.2, 0.25) is 0 Å². The van der Waals surface area contributed by atoms with Crippen molar-refractivity contribution in [2.45, 2.75) is 32.4 Å². The van der Waals surface area contributed by atoms with Gasteiger partial charge in [0.15, 0.2) is 6.04 Å². The van der Waals surface area contributed by atoms with Gasteiger partial charge in [-0.05, 0) is 20.8 Å². The number of carbonyl (C=O) groups is 1. The van der Waals surface area contributed by atoms with E-state index in [9.17, 15) is 4.79 Å². The van der Waals surface area contributed by atoms with Crippen LogP contribution in [-0.2, 0) is 9.53 Å². The summed E-state index contributed by atoms with van der Waals surface area (Å²) in [5, 5.41) is 6.89. The zero-order valence-electron chi connectivity index (χ0n) is 7.55. The van der Waals surface area contributed by atoms with Gasteiger partial charge in [-0.3, -0.25) is 5.41 Å². The molecule has 1 atom stereocenters. The summed E-state index contributed by atoms with van der Waals surface area (Å²) in [5.74, 6) is -1.06. The van der Waals surface area contributed by atoms with Gasteiger partial charge < -0.3 is 16.2 Å². The zero-order valence-corrected chi connectivity index (χ0v) is 7.55. The van der Waals surface area contributed by atoms with E-state index in [0.717, 1.165) is 0 Å². The van der Waals surface area contributed by atoms with E-state index in [0.29, 0.717) is 0 Å². The van der Waals surface area contributed by atoms with Gasteiger partial charge in [0.05, 0.1) is 0 Å². The quantitative estimate of drug-likeness (QED) is 0.300. The van der Waals surface area contributed by atoms with Crippen molar-refractivity contribution in [1.29, 1.82) is 5.41 Å². The van der Waals surface area contributed by atoms with Crippen LogP contribution < -0.4 is 11.5 Å². The van der Waals surface area contributed by atoms with Crippen molar-refractivity contribution in [1.82, 2.24) is 0 Å². The first kappa shape index (κ1) is 10.9. The van der Waals surface area contributed by atoms with Crippen molar-refractivity contribution < 1.29 is 9.53 Å². The monoisotopic (exact) mass is 173 g/mol. The highest BCUT2D eigenvalue weighted by Gasteiger charge is 2.23. The number of esters is 1. The number of ether oxygens (including phenoxy) is 1. The minimum atomic E-state index is -1.15. The number of nitrogens with two attached hydrogens (primary N) is 2. The van der Waals surface area contributed by atoms with Gasteiger partial charge in [-0.25, -0.2) is 4.79 Å². The van der Waals surface area contributed by atoms with E-state index >= 15 is 0 Å². The molecular formula is C7H15N3O2. The number of hydrogen-bond donors (Lipinski definition) is 3. The molecule has 0 radical (unpaired) electrons. The summed E-state index contributed by atoms with van der Waals surface area (Å²) in [4.78, 5) is 11.0. The molecule has 0 amide bonds. The summed E-state index contributed by atoms with van der Waals surface area (Å²) in [7, 11) is 0. The predicted octanol–water partition coefficient (Wildman–Crippen LogP) is -0.409. The van der Waals surface area contributed by atoms with Gasteiger partial charge in [-0.15, -0.1) is 0 Å². The highest BCUT2D eigenvalue weighted by Crippen LogP contribution is 2.07. The summed E-state index contributed by atoms with van der Waals surface area (Å²) in [5.41, 5.74) is 9.66. The minimum absolute atomic E-state index is 0.385. The van der Waals surface area contributed by atoms with E-state index in [4.69, 9.17) is 21.6 Å². The molecule has 1 unspecified atom stereocenters. The van der Waals surface area contributed by atoms with Crippen LogP contribution in [0.15, 0.2) is 0 Å². The van der Waals surface area contributed by atoms with Crippen molar-refractivity contribution in [2.24, 2.45) is 11.5 Å². The fourth-order valence-corrected chi connectivity index (χ4v) is 0.492. The van der Waals surface area contributed by atoms with Gasteiger partial charge in [0, 0.05) is 0 Å². The second-order valence-electron chi connectivity index (χ2n) is 3.47. The maximum atomic E-state index is 11.0. The van der Waals surface area contributed by atoms with Crippen molar-refractivity contribution >= 4 is 11.8 Å². The molecule has 0 bridgehead atoms. The number of rotatable bonds is 2. The van der Waals surface area contributed by atoms with E-state index in [1.54, 1.807) is 20.8 Å². The molecule has 12 heavy (non-hydrogen) atoms. The van der Waals surface area contributed by atoms with Crippen molar-refractivity contribution in [2.75, 3.05) is 0 Å². The molecule has 0 aromatic heterocycles. The molecule has 0 saturated carbocycles. The molecular weight excluding hydrogens is 158 g/mol. The second kappa shape index (κ2) is 3.53. The topological polar surface area (TPSA) is 102 Å². The maximum absolute atomic E-state index is 11.0. The Hall–Kier alpha value is -1.10. The number of nitrogens with one attached hydrogen (secondary N) is 1. The Morgan fingerprint density at radius 1 is 1.50 bits per heavy atom. The Balaban J connectivity index is 4.15. The molecule has 70 valence electrons. The Bertz CT molecular complexity index is 195. The summed E-state index contributed by atoms with van der Waals surface area (Å²) >= 11 is 0. The van der Waals surface area contributed by atoms with Gasteiger partial charge in [-0.2, -0.15) is 0 Å². The van der Waals surface area contributed by atoms with E-state index in [2.05, 4.69) is 0 Å². The van der Waals surface area contributed by atoms with E-state index < -0.39 is 17.6 Å². The normalized spacial score (nSPS) is 13.7. The van der Waals surface area contributed by atoms with Crippen LogP contribution in [0.3, 0.4) is 0 Å². The third kappa shape index (κ3) is 3.92. The fraction of sp³-hybridized carbons (Fsp3) is 0.714. The number of carbonyl (C=O) groups excluding carboxylic acids is 1. The Kier molecular flexibility index (Phi) is 3.21. The molecule has 0 aliphatic carbocycles. The molecule has 0 aliphatic rings. The highest BCUT2D eigenvalue weighted by atomic mass is 16.6. The van der Waals surface area contributed by atoms with E-state index in [1.165, 1.54) is 0 Å². The van der Waals surface area contributed by atoms with Crippen LogP contribution in [0, 0.1) is 5.41 Å². The molecule has 0 spiro atoms. The van der Waals surface area contributed by atoms with Crippen molar-refractivity contribution in [3.05, 3.63) is 0 Å². The van der Waals surface area contributed by atoms with Gasteiger partial charge in [-0.1, -0.05) is 0 Å². The maximum Gasteiger partial charge on any atom is 0.331 e. The van der Waals surface area contributed by atoms with Crippen LogP contribution in [0.1, 0.15) is 20.8 Å². The van der Waals surface area contributed by atoms with Crippen LogP contribution in [0.5, 0.6) is 0 Å². The molecule has 5 heteroatoms. The molecule has 0 rings (SSSR count). The molecule has 5 nitrogen and oxygen atoms in total. The lowest BCUT2D eigenvalue weighted by molar-refractivity contribution is -0.154. The first-order valence-corrected chi connectivity index (χ1v) is 3.56. The first-order chi connectivity index (χ1) is 5.24. The SMILES string of the molecule is CC(C)(C)OC(=O)C(N)C(=N)N. The summed E-state index contributed by atoms with van der Waals surface area (Å²) in [6, 6.07) is -1.15. The lowest BCUT2D eigenvalue weighted by atomic mass is 10.2. The molecule has 0 heterocycles. The van der Waals surface area contributed by atoms with Crippen molar-refractivity contribution in [3.8, 4) is 0 Å². The second-order valence-corrected chi connectivity index (χ2v) is 3.47. The molecule has 0 saturated heterocycles. The van der Waals surface area contributed by atoms with Crippen LogP contribution in [-0.4, -0.2) is 23.4 Å². The average Bonchev–Trinajstić information content (AvgIpc) is 1.82. The standard InChI is InChI=1S/C7H15N3O2/c1-7(2,3)12-6(11)4(8)5(9)10/h4H,8H2,1-3H3,(H3,9,10). The predicted molar refractivity (Wildman–Crippen MR) is 45.7 cm³/mol. The third-order valence-electron chi connectivity index (χ3n) is 0.996. The van der Waals surface area contributed by atoms with Gasteiger partial charge >= 0.3 is 5.97 Å². The number of amidine groups is 1. The Morgan fingerprint density at radius 3 is 2.17 bits per heavy atom. The minimum Gasteiger partial charge on any atom is -0.458 e. The zero-order chi connectivity index (χ0) is 9.94. The third-order valence-corrected chi connectivity index (χ3v) is 0.996. The molecule has 0 aromatic rings. The van der Waals surface area contributed by atoms with Gasteiger partial charge in [0.1, 0.15) is 11.4 Å². The van der Waals surface area contributed by atoms with Crippen LogP contribution >= 0.6 is 0 Å².